The molecule has 1 aromatic rings. The lowest BCUT2D eigenvalue weighted by Gasteiger charge is -2.09. The lowest BCUT2D eigenvalue weighted by atomic mass is 9.97. The van der Waals surface area contributed by atoms with Crippen molar-refractivity contribution in [2.45, 2.75) is 33.1 Å². The molecule has 0 bridgehead atoms. The van der Waals surface area contributed by atoms with Crippen LogP contribution in [0.25, 0.3) is 0 Å². The highest BCUT2D eigenvalue weighted by Crippen LogP contribution is 2.17. The van der Waals surface area contributed by atoms with Crippen LogP contribution in [0.4, 0.5) is 0 Å². The molecule has 1 nitrogen and oxygen atoms in total. The van der Waals surface area contributed by atoms with E-state index in [2.05, 4.69) is 37.0 Å². The first-order valence-corrected chi connectivity index (χ1v) is 5.34. The summed E-state index contributed by atoms with van der Waals surface area (Å²) in [5.41, 5.74) is 5.68. The maximum absolute atomic E-state index is 4.53. The highest BCUT2D eigenvalue weighted by Gasteiger charge is 2.09. The molecular weight excluding hydrogens is 170 g/mol. The first-order chi connectivity index (χ1) is 6.77. The highest BCUT2D eigenvalue weighted by atomic mass is 14.8. The summed E-state index contributed by atoms with van der Waals surface area (Å²) in [6, 6.07) is 6.51. The lowest BCUT2D eigenvalue weighted by Crippen LogP contribution is -2.02. The fraction of sp³-hybridized carbons (Fsp3) is 0.462. The van der Waals surface area contributed by atoms with E-state index in [9.17, 15) is 0 Å². The van der Waals surface area contributed by atoms with Crippen LogP contribution >= 0.6 is 0 Å². The molecule has 1 heterocycles. The van der Waals surface area contributed by atoms with Gasteiger partial charge >= 0.3 is 0 Å². The van der Waals surface area contributed by atoms with Gasteiger partial charge in [0.25, 0.3) is 0 Å². The van der Waals surface area contributed by atoms with E-state index in [1.165, 1.54) is 35.2 Å². The maximum Gasteiger partial charge on any atom is 0.0392 e. The van der Waals surface area contributed by atoms with Crippen LogP contribution < -0.4 is 0 Å². The quantitative estimate of drug-likeness (QED) is 0.674. The zero-order chi connectivity index (χ0) is 9.97. The Morgan fingerprint density at radius 2 is 1.93 bits per heavy atom. The van der Waals surface area contributed by atoms with E-state index in [0.29, 0.717) is 0 Å². The highest BCUT2D eigenvalue weighted by molar-refractivity contribution is 5.88. The predicted molar refractivity (Wildman–Crippen MR) is 61.2 cm³/mol. The van der Waals surface area contributed by atoms with E-state index in [0.717, 1.165) is 13.0 Å². The van der Waals surface area contributed by atoms with Crippen molar-refractivity contribution in [3.63, 3.8) is 0 Å². The summed E-state index contributed by atoms with van der Waals surface area (Å²) in [7, 11) is 0. The van der Waals surface area contributed by atoms with E-state index in [1.807, 2.05) is 0 Å². The van der Waals surface area contributed by atoms with Crippen LogP contribution in [0.3, 0.4) is 0 Å². The van der Waals surface area contributed by atoms with Crippen molar-refractivity contribution in [2.24, 2.45) is 4.99 Å². The van der Waals surface area contributed by atoms with Crippen molar-refractivity contribution in [3.8, 4) is 0 Å². The molecule has 1 aliphatic heterocycles. The number of nitrogens with zero attached hydrogens (tertiary/aromatic N) is 1. The Morgan fingerprint density at radius 1 is 1.21 bits per heavy atom. The third kappa shape index (κ3) is 1.87. The van der Waals surface area contributed by atoms with Gasteiger partial charge in [-0.1, -0.05) is 18.2 Å². The van der Waals surface area contributed by atoms with Crippen LogP contribution in [0, 0.1) is 13.8 Å². The Labute approximate surface area is 85.9 Å². The molecule has 0 aliphatic carbocycles. The largest absolute Gasteiger partial charge is 0.294 e. The van der Waals surface area contributed by atoms with Crippen LogP contribution in [0.15, 0.2) is 23.2 Å². The van der Waals surface area contributed by atoms with Gasteiger partial charge in [0.05, 0.1) is 0 Å². The molecule has 0 fully saturated rings. The molecule has 1 aliphatic rings. The van der Waals surface area contributed by atoms with Crippen molar-refractivity contribution < 1.29 is 0 Å². The first kappa shape index (κ1) is 9.45. The van der Waals surface area contributed by atoms with Crippen LogP contribution in [-0.2, 0) is 6.42 Å². The minimum absolute atomic E-state index is 1.04. The van der Waals surface area contributed by atoms with Gasteiger partial charge in [-0.3, -0.25) is 4.99 Å². The van der Waals surface area contributed by atoms with Gasteiger partial charge in [0.15, 0.2) is 0 Å². The van der Waals surface area contributed by atoms with Crippen LogP contribution in [0.2, 0.25) is 0 Å². The van der Waals surface area contributed by atoms with Gasteiger partial charge in [-0.15, -0.1) is 0 Å². The Kier molecular flexibility index (Phi) is 2.67. The molecule has 14 heavy (non-hydrogen) atoms. The van der Waals surface area contributed by atoms with Gasteiger partial charge < -0.3 is 0 Å². The van der Waals surface area contributed by atoms with Gasteiger partial charge in [0.2, 0.25) is 0 Å². The second-order valence-electron chi connectivity index (χ2n) is 4.10. The average molecular weight is 187 g/mol. The topological polar surface area (TPSA) is 12.4 Å². The minimum Gasteiger partial charge on any atom is -0.294 e. The second kappa shape index (κ2) is 3.95. The van der Waals surface area contributed by atoms with Crippen LogP contribution in [0.1, 0.15) is 29.5 Å². The van der Waals surface area contributed by atoms with Crippen molar-refractivity contribution in [3.05, 3.63) is 34.9 Å². The van der Waals surface area contributed by atoms with E-state index in [-0.39, 0.29) is 0 Å². The SMILES string of the molecule is Cc1cccc(C)c1CC1=NCCC1. The maximum atomic E-state index is 4.53. The summed E-state index contributed by atoms with van der Waals surface area (Å²) in [6.07, 6.45) is 3.52. The summed E-state index contributed by atoms with van der Waals surface area (Å²) >= 11 is 0. The van der Waals surface area contributed by atoms with E-state index < -0.39 is 0 Å². The van der Waals surface area contributed by atoms with Crippen molar-refractivity contribution in [1.82, 2.24) is 0 Å². The molecule has 74 valence electrons. The third-order valence-corrected chi connectivity index (χ3v) is 2.98. The molecular formula is C13H17N. The molecule has 0 aromatic heterocycles. The van der Waals surface area contributed by atoms with Crippen LogP contribution in [-0.4, -0.2) is 12.3 Å². The first-order valence-electron chi connectivity index (χ1n) is 5.34. The van der Waals surface area contributed by atoms with Crippen molar-refractivity contribution >= 4 is 5.71 Å². The normalized spacial score (nSPS) is 15.7. The number of aliphatic imine (C=N–C) groups is 1. The summed E-state index contributed by atoms with van der Waals surface area (Å²) in [4.78, 5) is 4.53. The number of rotatable bonds is 2. The molecule has 0 amide bonds. The predicted octanol–water partition coefficient (Wildman–Crippen LogP) is 3.08. The molecule has 2 rings (SSSR count). The Bertz CT molecular complexity index is 343. The molecule has 0 unspecified atom stereocenters. The Hall–Kier alpha value is -1.11. The zero-order valence-electron chi connectivity index (χ0n) is 9.01. The van der Waals surface area contributed by atoms with Gasteiger partial charge in [-0.25, -0.2) is 0 Å². The monoisotopic (exact) mass is 187 g/mol. The molecule has 0 atom stereocenters. The fourth-order valence-corrected chi connectivity index (χ4v) is 2.08. The molecule has 1 aromatic carbocycles. The molecule has 1 heteroatoms. The number of hydrogen-bond acceptors (Lipinski definition) is 1. The number of benzene rings is 1. The van der Waals surface area contributed by atoms with Crippen LogP contribution in [0.5, 0.6) is 0 Å². The number of aryl methyl sites for hydroxylation is 2. The molecule has 0 spiro atoms. The van der Waals surface area contributed by atoms with E-state index >= 15 is 0 Å². The summed E-state index contributed by atoms with van der Waals surface area (Å²) in [5.74, 6) is 0. The summed E-state index contributed by atoms with van der Waals surface area (Å²) in [6.45, 7) is 5.43. The smallest absolute Gasteiger partial charge is 0.0392 e. The Morgan fingerprint density at radius 3 is 2.50 bits per heavy atom. The molecule has 0 radical (unpaired) electrons. The Balaban J connectivity index is 2.23. The third-order valence-electron chi connectivity index (χ3n) is 2.98. The molecule has 0 saturated carbocycles. The number of hydrogen-bond donors (Lipinski definition) is 0. The standard InChI is InChI=1S/C13H17N/c1-10-5-3-6-11(2)13(10)9-12-7-4-8-14-12/h3,5-6H,4,7-9H2,1-2H3. The fourth-order valence-electron chi connectivity index (χ4n) is 2.08. The zero-order valence-corrected chi connectivity index (χ0v) is 9.01. The molecule has 0 saturated heterocycles. The van der Waals surface area contributed by atoms with E-state index in [4.69, 9.17) is 0 Å². The summed E-state index contributed by atoms with van der Waals surface area (Å²) in [5, 5.41) is 0. The summed E-state index contributed by atoms with van der Waals surface area (Å²) < 4.78 is 0. The van der Waals surface area contributed by atoms with Crippen molar-refractivity contribution in [2.75, 3.05) is 6.54 Å². The molecule has 0 N–H and O–H groups in total. The van der Waals surface area contributed by atoms with Gasteiger partial charge in [-0.05, 0) is 43.4 Å². The van der Waals surface area contributed by atoms with Gasteiger partial charge in [0.1, 0.15) is 0 Å². The average Bonchev–Trinajstić information content (AvgIpc) is 2.64. The van der Waals surface area contributed by atoms with Crippen molar-refractivity contribution in [1.29, 1.82) is 0 Å². The van der Waals surface area contributed by atoms with Gasteiger partial charge in [0, 0.05) is 18.7 Å². The second-order valence-corrected chi connectivity index (χ2v) is 4.10. The van der Waals surface area contributed by atoms with Gasteiger partial charge in [-0.2, -0.15) is 0 Å². The van der Waals surface area contributed by atoms with E-state index in [1.54, 1.807) is 0 Å². The lowest BCUT2D eigenvalue weighted by molar-refractivity contribution is 0.949. The minimum atomic E-state index is 1.04.